The lowest BCUT2D eigenvalue weighted by atomic mass is 9.81. The van der Waals surface area contributed by atoms with Crippen molar-refractivity contribution in [3.63, 3.8) is 0 Å². The maximum Gasteiger partial charge on any atom is 0.247 e. The molecular weight excluding hydrogens is 190 g/mol. The molecule has 88 valence electrons. The summed E-state index contributed by atoms with van der Waals surface area (Å²) in [5.41, 5.74) is 2.70. The molecule has 1 aliphatic rings. The molecule has 15 heavy (non-hydrogen) atoms. The van der Waals surface area contributed by atoms with E-state index >= 15 is 0 Å². The third-order valence-electron chi connectivity index (χ3n) is 3.16. The van der Waals surface area contributed by atoms with Crippen molar-refractivity contribution in [3.05, 3.63) is 0 Å². The largest absolute Gasteiger partial charge is 0.273 e. The van der Waals surface area contributed by atoms with Crippen LogP contribution in [0.2, 0.25) is 0 Å². The van der Waals surface area contributed by atoms with Crippen molar-refractivity contribution >= 4 is 5.91 Å². The highest BCUT2D eigenvalue weighted by atomic mass is 16.6. The molecule has 0 spiro atoms. The van der Waals surface area contributed by atoms with Gasteiger partial charge in [0.15, 0.2) is 0 Å². The van der Waals surface area contributed by atoms with Gasteiger partial charge in [-0.1, -0.05) is 34.1 Å². The molecule has 0 radical (unpaired) electrons. The molecule has 0 saturated heterocycles. The van der Waals surface area contributed by atoms with E-state index in [0.29, 0.717) is 12.5 Å². The van der Waals surface area contributed by atoms with E-state index in [2.05, 4.69) is 33.2 Å². The second-order valence-corrected chi connectivity index (χ2v) is 5.60. The highest BCUT2D eigenvalue weighted by molar-refractivity contribution is 5.78. The molecular formula is C12H23NO2. The first kappa shape index (κ1) is 12.5. The summed E-state index contributed by atoms with van der Waals surface area (Å²) in [5, 5.41) is 0. The van der Waals surface area contributed by atoms with Crippen molar-refractivity contribution in [2.24, 2.45) is 17.3 Å². The van der Waals surface area contributed by atoms with Crippen LogP contribution in [0.5, 0.6) is 0 Å². The van der Waals surface area contributed by atoms with Gasteiger partial charge in [0.2, 0.25) is 5.91 Å². The second-order valence-electron chi connectivity index (χ2n) is 5.60. The van der Waals surface area contributed by atoms with Crippen LogP contribution in [-0.4, -0.2) is 12.5 Å². The predicted molar refractivity (Wildman–Crippen MR) is 60.1 cm³/mol. The van der Waals surface area contributed by atoms with Crippen molar-refractivity contribution in [1.82, 2.24) is 5.48 Å². The molecule has 0 heterocycles. The van der Waals surface area contributed by atoms with Gasteiger partial charge in [-0.3, -0.25) is 9.63 Å². The van der Waals surface area contributed by atoms with Crippen LogP contribution < -0.4 is 5.48 Å². The monoisotopic (exact) mass is 213 g/mol. The van der Waals surface area contributed by atoms with Gasteiger partial charge in [0.05, 0.1) is 6.61 Å². The van der Waals surface area contributed by atoms with Gasteiger partial charge in [0, 0.05) is 5.92 Å². The van der Waals surface area contributed by atoms with Gasteiger partial charge < -0.3 is 0 Å². The predicted octanol–water partition coefficient (Wildman–Crippen LogP) is 2.52. The van der Waals surface area contributed by atoms with Crippen molar-refractivity contribution in [3.8, 4) is 0 Å². The van der Waals surface area contributed by atoms with Crippen LogP contribution in [0, 0.1) is 17.3 Å². The molecule has 0 aromatic rings. The number of hydroxylamine groups is 1. The average molecular weight is 213 g/mol. The quantitative estimate of drug-likeness (QED) is 0.729. The molecule has 0 bridgehead atoms. The fourth-order valence-electron chi connectivity index (χ4n) is 2.16. The third kappa shape index (κ3) is 3.49. The standard InChI is InChI=1S/C12H23NO2/c1-9(2)8-15-13-11(14)10-6-5-7-12(10,3)4/h9-10H,5-8H2,1-4H3,(H,13,14). The van der Waals surface area contributed by atoms with Crippen LogP contribution >= 0.6 is 0 Å². The van der Waals surface area contributed by atoms with Crippen LogP contribution in [0.15, 0.2) is 0 Å². The molecule has 1 amide bonds. The van der Waals surface area contributed by atoms with E-state index < -0.39 is 0 Å². The minimum Gasteiger partial charge on any atom is -0.273 e. The summed E-state index contributed by atoms with van der Waals surface area (Å²) in [4.78, 5) is 17.0. The van der Waals surface area contributed by atoms with Gasteiger partial charge >= 0.3 is 0 Å². The van der Waals surface area contributed by atoms with Crippen molar-refractivity contribution < 1.29 is 9.63 Å². The first-order valence-corrected chi connectivity index (χ1v) is 5.85. The number of nitrogens with one attached hydrogen (secondary N) is 1. The summed E-state index contributed by atoms with van der Waals surface area (Å²) in [6, 6.07) is 0. The Kier molecular flexibility index (Phi) is 4.14. The van der Waals surface area contributed by atoms with E-state index in [-0.39, 0.29) is 17.2 Å². The molecule has 0 aromatic carbocycles. The first-order valence-electron chi connectivity index (χ1n) is 5.85. The van der Waals surface area contributed by atoms with Crippen LogP contribution in [-0.2, 0) is 9.63 Å². The van der Waals surface area contributed by atoms with Crippen LogP contribution in [0.25, 0.3) is 0 Å². The van der Waals surface area contributed by atoms with Gasteiger partial charge in [-0.2, -0.15) is 0 Å². The smallest absolute Gasteiger partial charge is 0.247 e. The van der Waals surface area contributed by atoms with Crippen LogP contribution in [0.4, 0.5) is 0 Å². The lowest BCUT2D eigenvalue weighted by Gasteiger charge is -2.25. The molecule has 1 saturated carbocycles. The third-order valence-corrected chi connectivity index (χ3v) is 3.16. The second kappa shape index (κ2) is 4.97. The summed E-state index contributed by atoms with van der Waals surface area (Å²) < 4.78 is 0. The highest BCUT2D eigenvalue weighted by Gasteiger charge is 2.39. The first-order chi connectivity index (χ1) is 6.93. The zero-order valence-electron chi connectivity index (χ0n) is 10.3. The van der Waals surface area contributed by atoms with Crippen LogP contribution in [0.3, 0.4) is 0 Å². The molecule has 1 atom stereocenters. The van der Waals surface area contributed by atoms with Crippen molar-refractivity contribution in [2.75, 3.05) is 6.61 Å². The Labute approximate surface area is 92.5 Å². The Balaban J connectivity index is 2.34. The fraction of sp³-hybridized carbons (Fsp3) is 0.917. The number of carbonyl (C=O) groups excluding carboxylic acids is 1. The summed E-state index contributed by atoms with van der Waals surface area (Å²) in [6.45, 7) is 9.02. The van der Waals surface area contributed by atoms with Gasteiger partial charge in [0.1, 0.15) is 0 Å². The lowest BCUT2D eigenvalue weighted by Crippen LogP contribution is -2.36. The normalized spacial score (nSPS) is 24.5. The Morgan fingerprint density at radius 1 is 1.53 bits per heavy atom. The Bertz CT molecular complexity index is 224. The van der Waals surface area contributed by atoms with E-state index in [1.165, 1.54) is 0 Å². The maximum atomic E-state index is 11.8. The number of hydrogen-bond acceptors (Lipinski definition) is 2. The molecule has 1 fully saturated rings. The van der Waals surface area contributed by atoms with Gasteiger partial charge in [-0.05, 0) is 24.2 Å². The van der Waals surface area contributed by atoms with Gasteiger partial charge in [-0.15, -0.1) is 0 Å². The summed E-state index contributed by atoms with van der Waals surface area (Å²) in [6.07, 6.45) is 3.27. The van der Waals surface area contributed by atoms with E-state index in [0.717, 1.165) is 19.3 Å². The SMILES string of the molecule is CC(C)CONC(=O)C1CCCC1(C)C. The summed E-state index contributed by atoms with van der Waals surface area (Å²) in [7, 11) is 0. The molecule has 1 aliphatic carbocycles. The molecule has 3 nitrogen and oxygen atoms in total. The number of amides is 1. The maximum absolute atomic E-state index is 11.8. The molecule has 1 rings (SSSR count). The van der Waals surface area contributed by atoms with E-state index in [1.54, 1.807) is 0 Å². The zero-order valence-corrected chi connectivity index (χ0v) is 10.3. The minimum absolute atomic E-state index is 0.0538. The number of hydrogen-bond donors (Lipinski definition) is 1. The van der Waals surface area contributed by atoms with Crippen LogP contribution in [0.1, 0.15) is 47.0 Å². The minimum atomic E-state index is 0.0538. The summed E-state index contributed by atoms with van der Waals surface area (Å²) >= 11 is 0. The van der Waals surface area contributed by atoms with Crippen molar-refractivity contribution in [2.45, 2.75) is 47.0 Å². The molecule has 0 aromatic heterocycles. The Morgan fingerprint density at radius 2 is 2.20 bits per heavy atom. The topological polar surface area (TPSA) is 38.3 Å². The van der Waals surface area contributed by atoms with Crippen molar-refractivity contribution in [1.29, 1.82) is 0 Å². The molecule has 3 heteroatoms. The summed E-state index contributed by atoms with van der Waals surface area (Å²) in [5.74, 6) is 0.615. The molecule has 1 N–H and O–H groups in total. The van der Waals surface area contributed by atoms with E-state index in [9.17, 15) is 4.79 Å². The lowest BCUT2D eigenvalue weighted by molar-refractivity contribution is -0.141. The number of carbonyl (C=O) groups is 1. The Morgan fingerprint density at radius 3 is 2.67 bits per heavy atom. The Hall–Kier alpha value is -0.570. The van der Waals surface area contributed by atoms with Gasteiger partial charge in [-0.25, -0.2) is 5.48 Å². The number of rotatable bonds is 4. The zero-order chi connectivity index (χ0) is 11.5. The molecule has 1 unspecified atom stereocenters. The molecule has 0 aliphatic heterocycles. The van der Waals surface area contributed by atoms with E-state index in [4.69, 9.17) is 4.84 Å². The highest BCUT2D eigenvalue weighted by Crippen LogP contribution is 2.42. The average Bonchev–Trinajstić information content (AvgIpc) is 2.44. The van der Waals surface area contributed by atoms with Gasteiger partial charge in [0.25, 0.3) is 0 Å². The fourth-order valence-corrected chi connectivity index (χ4v) is 2.16. The van der Waals surface area contributed by atoms with E-state index in [1.807, 2.05) is 0 Å².